The van der Waals surface area contributed by atoms with Crippen molar-refractivity contribution < 1.29 is 4.74 Å². The predicted octanol–water partition coefficient (Wildman–Crippen LogP) is 1.68. The third kappa shape index (κ3) is 4.01. The second-order valence-corrected chi connectivity index (χ2v) is 5.65. The molecule has 0 saturated heterocycles. The number of nitrogens with two attached hydrogens (primary N) is 1. The SMILES string of the molecule is COCCCn1c(C)nnc1CC1CCC(N)CC1. The average molecular weight is 266 g/mol. The number of methoxy groups -OCH3 is 1. The lowest BCUT2D eigenvalue weighted by Gasteiger charge is -2.25. The first-order valence-electron chi connectivity index (χ1n) is 7.34. The van der Waals surface area contributed by atoms with Crippen molar-refractivity contribution >= 4 is 0 Å². The van der Waals surface area contributed by atoms with Crippen LogP contribution in [0, 0.1) is 12.8 Å². The van der Waals surface area contributed by atoms with E-state index in [1.165, 1.54) is 12.8 Å². The van der Waals surface area contributed by atoms with E-state index in [9.17, 15) is 0 Å². The minimum Gasteiger partial charge on any atom is -0.385 e. The minimum absolute atomic E-state index is 0.414. The molecule has 0 aromatic carbocycles. The van der Waals surface area contributed by atoms with Gasteiger partial charge < -0.3 is 15.0 Å². The Kier molecular flexibility index (Phi) is 5.34. The van der Waals surface area contributed by atoms with Crippen LogP contribution in [0.5, 0.6) is 0 Å². The molecule has 2 rings (SSSR count). The lowest BCUT2D eigenvalue weighted by Crippen LogP contribution is -2.27. The summed E-state index contributed by atoms with van der Waals surface area (Å²) in [7, 11) is 1.74. The molecule has 5 heteroatoms. The molecule has 2 N–H and O–H groups in total. The van der Waals surface area contributed by atoms with Gasteiger partial charge in [-0.3, -0.25) is 0 Å². The highest BCUT2D eigenvalue weighted by Gasteiger charge is 2.21. The largest absolute Gasteiger partial charge is 0.385 e. The smallest absolute Gasteiger partial charge is 0.133 e. The van der Waals surface area contributed by atoms with Crippen LogP contribution in [-0.2, 0) is 17.7 Å². The first-order chi connectivity index (χ1) is 9.20. The monoisotopic (exact) mass is 266 g/mol. The summed E-state index contributed by atoms with van der Waals surface area (Å²) < 4.78 is 7.36. The highest BCUT2D eigenvalue weighted by atomic mass is 16.5. The van der Waals surface area contributed by atoms with Crippen molar-refractivity contribution in [1.29, 1.82) is 0 Å². The van der Waals surface area contributed by atoms with Crippen LogP contribution < -0.4 is 5.73 Å². The van der Waals surface area contributed by atoms with Gasteiger partial charge in [0.1, 0.15) is 11.6 Å². The molecule has 0 aliphatic heterocycles. The van der Waals surface area contributed by atoms with Gasteiger partial charge in [-0.2, -0.15) is 0 Å². The lowest BCUT2D eigenvalue weighted by molar-refractivity contribution is 0.189. The number of rotatable bonds is 6. The summed E-state index contributed by atoms with van der Waals surface area (Å²) in [6.07, 6.45) is 6.82. The van der Waals surface area contributed by atoms with Crippen molar-refractivity contribution in [2.45, 2.75) is 58.0 Å². The van der Waals surface area contributed by atoms with Crippen LogP contribution in [0.1, 0.15) is 43.8 Å². The fraction of sp³-hybridized carbons (Fsp3) is 0.857. The normalized spacial score (nSPS) is 23.7. The van der Waals surface area contributed by atoms with E-state index in [0.29, 0.717) is 6.04 Å². The Morgan fingerprint density at radius 3 is 2.68 bits per heavy atom. The molecule has 1 saturated carbocycles. The molecule has 0 radical (unpaired) electrons. The molecule has 1 fully saturated rings. The van der Waals surface area contributed by atoms with Gasteiger partial charge in [0.25, 0.3) is 0 Å². The maximum Gasteiger partial charge on any atom is 0.133 e. The maximum absolute atomic E-state index is 5.96. The van der Waals surface area contributed by atoms with E-state index in [0.717, 1.165) is 56.4 Å². The summed E-state index contributed by atoms with van der Waals surface area (Å²) in [6, 6.07) is 0.414. The van der Waals surface area contributed by atoms with E-state index in [1.54, 1.807) is 7.11 Å². The average Bonchev–Trinajstić information content (AvgIpc) is 2.74. The molecule has 0 atom stereocenters. The highest BCUT2D eigenvalue weighted by molar-refractivity contribution is 4.96. The van der Waals surface area contributed by atoms with Crippen molar-refractivity contribution in [1.82, 2.24) is 14.8 Å². The maximum atomic E-state index is 5.96. The Bertz CT molecular complexity index is 383. The number of aromatic nitrogens is 3. The summed E-state index contributed by atoms with van der Waals surface area (Å²) in [6.45, 7) is 3.77. The van der Waals surface area contributed by atoms with Crippen LogP contribution in [0.3, 0.4) is 0 Å². The van der Waals surface area contributed by atoms with Crippen LogP contribution in [0.15, 0.2) is 0 Å². The molecule has 1 aromatic heterocycles. The first-order valence-corrected chi connectivity index (χ1v) is 7.34. The Morgan fingerprint density at radius 2 is 2.00 bits per heavy atom. The molecule has 108 valence electrons. The molecule has 0 amide bonds. The van der Waals surface area contributed by atoms with E-state index in [1.807, 2.05) is 6.92 Å². The Hall–Kier alpha value is -0.940. The Morgan fingerprint density at radius 1 is 1.26 bits per heavy atom. The van der Waals surface area contributed by atoms with Crippen molar-refractivity contribution in [3.05, 3.63) is 11.6 Å². The Labute approximate surface area is 115 Å². The van der Waals surface area contributed by atoms with Gasteiger partial charge in [-0.25, -0.2) is 0 Å². The van der Waals surface area contributed by atoms with Gasteiger partial charge in [-0.1, -0.05) is 0 Å². The fourth-order valence-electron chi connectivity index (χ4n) is 2.88. The second-order valence-electron chi connectivity index (χ2n) is 5.65. The summed E-state index contributed by atoms with van der Waals surface area (Å²) in [5.74, 6) is 2.87. The molecule has 0 spiro atoms. The van der Waals surface area contributed by atoms with Crippen LogP contribution in [-0.4, -0.2) is 34.5 Å². The summed E-state index contributed by atoms with van der Waals surface area (Å²) in [4.78, 5) is 0. The van der Waals surface area contributed by atoms with Crippen molar-refractivity contribution in [3.63, 3.8) is 0 Å². The highest BCUT2D eigenvalue weighted by Crippen LogP contribution is 2.26. The van der Waals surface area contributed by atoms with Crippen molar-refractivity contribution in [2.24, 2.45) is 11.7 Å². The number of hydrogen-bond donors (Lipinski definition) is 1. The number of aryl methyl sites for hydroxylation is 1. The molecule has 0 bridgehead atoms. The standard InChI is InChI=1S/C14H26N4O/c1-11-16-17-14(18(11)8-3-9-19-2)10-12-4-6-13(15)7-5-12/h12-13H,3-10,15H2,1-2H3. The number of ether oxygens (including phenoxy) is 1. The zero-order valence-electron chi connectivity index (χ0n) is 12.1. The van der Waals surface area contributed by atoms with E-state index >= 15 is 0 Å². The topological polar surface area (TPSA) is 66.0 Å². The molecule has 19 heavy (non-hydrogen) atoms. The summed E-state index contributed by atoms with van der Waals surface area (Å²) >= 11 is 0. The molecule has 0 unspecified atom stereocenters. The van der Waals surface area contributed by atoms with E-state index in [4.69, 9.17) is 10.5 Å². The molecular formula is C14H26N4O. The molecule has 5 nitrogen and oxygen atoms in total. The lowest BCUT2D eigenvalue weighted by atomic mass is 9.84. The zero-order valence-corrected chi connectivity index (χ0v) is 12.1. The molecule has 1 aliphatic rings. The van der Waals surface area contributed by atoms with E-state index in [-0.39, 0.29) is 0 Å². The molecule has 1 heterocycles. The molecule has 1 aliphatic carbocycles. The summed E-state index contributed by atoms with van der Waals surface area (Å²) in [5.41, 5.74) is 5.96. The van der Waals surface area contributed by atoms with E-state index in [2.05, 4.69) is 14.8 Å². The van der Waals surface area contributed by atoms with Crippen molar-refractivity contribution in [2.75, 3.05) is 13.7 Å². The fourth-order valence-corrected chi connectivity index (χ4v) is 2.88. The van der Waals surface area contributed by atoms with Crippen LogP contribution in [0.4, 0.5) is 0 Å². The van der Waals surface area contributed by atoms with Gasteiger partial charge in [-0.15, -0.1) is 10.2 Å². The second kappa shape index (κ2) is 7.01. The van der Waals surface area contributed by atoms with Crippen LogP contribution in [0.2, 0.25) is 0 Å². The van der Waals surface area contributed by atoms with Gasteiger partial charge in [0.05, 0.1) is 0 Å². The Balaban J connectivity index is 1.92. The first kappa shape index (κ1) is 14.5. The molecule has 1 aromatic rings. The number of nitrogens with zero attached hydrogens (tertiary/aromatic N) is 3. The van der Waals surface area contributed by atoms with Gasteiger partial charge >= 0.3 is 0 Å². The van der Waals surface area contributed by atoms with Crippen molar-refractivity contribution in [3.8, 4) is 0 Å². The van der Waals surface area contributed by atoms with Crippen LogP contribution >= 0.6 is 0 Å². The zero-order chi connectivity index (χ0) is 13.7. The summed E-state index contributed by atoms with van der Waals surface area (Å²) in [5, 5.41) is 8.57. The van der Waals surface area contributed by atoms with Gasteiger partial charge in [0.15, 0.2) is 0 Å². The number of hydrogen-bond acceptors (Lipinski definition) is 4. The molecular weight excluding hydrogens is 240 g/mol. The van der Waals surface area contributed by atoms with Gasteiger partial charge in [0, 0.05) is 32.7 Å². The minimum atomic E-state index is 0.414. The third-order valence-corrected chi connectivity index (χ3v) is 4.11. The van der Waals surface area contributed by atoms with Crippen LogP contribution in [0.25, 0.3) is 0 Å². The van der Waals surface area contributed by atoms with Gasteiger partial charge in [0.2, 0.25) is 0 Å². The van der Waals surface area contributed by atoms with Gasteiger partial charge in [-0.05, 0) is 44.9 Å². The predicted molar refractivity (Wildman–Crippen MR) is 74.9 cm³/mol. The quantitative estimate of drug-likeness (QED) is 0.796. The van der Waals surface area contributed by atoms with E-state index < -0.39 is 0 Å². The third-order valence-electron chi connectivity index (χ3n) is 4.11.